The first-order chi connectivity index (χ1) is 12.6. The number of likely N-dealkylation sites (tertiary alicyclic amines) is 1. The lowest BCUT2D eigenvalue weighted by atomic mass is 9.42. The van der Waals surface area contributed by atoms with Crippen molar-refractivity contribution in [1.29, 1.82) is 0 Å². The molecule has 1 aliphatic heterocycles. The first kappa shape index (κ1) is 16.8. The van der Waals surface area contributed by atoms with Crippen LogP contribution in [0.5, 0.6) is 0 Å². The minimum Gasteiger partial charge on any atom is -0.343 e. The van der Waals surface area contributed by atoms with Crippen LogP contribution in [0.3, 0.4) is 0 Å². The van der Waals surface area contributed by atoms with E-state index in [0.717, 1.165) is 31.3 Å². The van der Waals surface area contributed by atoms with Crippen LogP contribution in [0.2, 0.25) is 0 Å². The quantitative estimate of drug-likeness (QED) is 0.729. The van der Waals surface area contributed by atoms with E-state index in [1.807, 2.05) is 0 Å². The molecule has 140 valence electrons. The molecule has 5 fully saturated rings. The summed E-state index contributed by atoms with van der Waals surface area (Å²) in [6.07, 6.45) is 12.6. The summed E-state index contributed by atoms with van der Waals surface area (Å²) >= 11 is 0. The van der Waals surface area contributed by atoms with Crippen molar-refractivity contribution in [3.63, 3.8) is 0 Å². The summed E-state index contributed by atoms with van der Waals surface area (Å²) in [5, 5.41) is 0. The Labute approximate surface area is 158 Å². The van der Waals surface area contributed by atoms with Crippen molar-refractivity contribution in [2.24, 2.45) is 17.3 Å². The van der Waals surface area contributed by atoms with Gasteiger partial charge in [0.25, 0.3) is 0 Å². The lowest BCUT2D eigenvalue weighted by Crippen LogP contribution is -2.55. The number of amides is 1. The average molecular weight is 352 g/mol. The van der Waals surface area contributed by atoms with Crippen molar-refractivity contribution in [3.05, 3.63) is 35.4 Å². The summed E-state index contributed by atoms with van der Waals surface area (Å²) in [5.41, 5.74) is 3.57. The van der Waals surface area contributed by atoms with Gasteiger partial charge in [-0.1, -0.05) is 29.8 Å². The van der Waals surface area contributed by atoms with Crippen molar-refractivity contribution < 1.29 is 4.79 Å². The molecule has 0 aromatic heterocycles. The van der Waals surface area contributed by atoms with Gasteiger partial charge in [-0.2, -0.15) is 0 Å². The van der Waals surface area contributed by atoms with Gasteiger partial charge in [-0.15, -0.1) is 0 Å². The highest BCUT2D eigenvalue weighted by atomic mass is 16.2. The van der Waals surface area contributed by atoms with Crippen molar-refractivity contribution >= 4 is 5.91 Å². The molecular weight excluding hydrogens is 318 g/mol. The molecule has 26 heavy (non-hydrogen) atoms. The highest BCUT2D eigenvalue weighted by molar-refractivity contribution is 5.77. The van der Waals surface area contributed by atoms with Crippen LogP contribution in [0.4, 0.5) is 0 Å². The summed E-state index contributed by atoms with van der Waals surface area (Å²) in [6, 6.07) is 9.37. The Balaban J connectivity index is 1.41. The molecule has 1 aromatic carbocycles. The summed E-state index contributed by atoms with van der Waals surface area (Å²) in [7, 11) is 0. The van der Waals surface area contributed by atoms with E-state index in [9.17, 15) is 4.79 Å². The summed E-state index contributed by atoms with van der Waals surface area (Å²) in [5.74, 6) is 2.17. The van der Waals surface area contributed by atoms with Gasteiger partial charge in [0.05, 0.1) is 0 Å². The molecule has 2 heteroatoms. The standard InChI is InChI=1S/C24H33NO/c1-18-5-7-21(8-6-18)24-14-19-11-20(15-24)13-23(12-19,17-24)16-22(26)25-9-3-2-4-10-25/h5-8,19-20H,2-4,9-17H2,1H3/t19-,20-,23?,24?/m1/s1. The Morgan fingerprint density at radius 1 is 1.00 bits per heavy atom. The molecule has 0 spiro atoms. The van der Waals surface area contributed by atoms with E-state index < -0.39 is 0 Å². The summed E-state index contributed by atoms with van der Waals surface area (Å²) in [4.78, 5) is 15.3. The van der Waals surface area contributed by atoms with E-state index >= 15 is 0 Å². The van der Waals surface area contributed by atoms with Gasteiger partial charge in [-0.05, 0) is 92.9 Å². The van der Waals surface area contributed by atoms with Gasteiger partial charge >= 0.3 is 0 Å². The highest BCUT2D eigenvalue weighted by Gasteiger charge is 2.58. The van der Waals surface area contributed by atoms with Gasteiger partial charge in [0.1, 0.15) is 0 Å². The van der Waals surface area contributed by atoms with Crippen LogP contribution in [0, 0.1) is 24.2 Å². The smallest absolute Gasteiger partial charge is 0.223 e. The molecule has 6 rings (SSSR count). The number of hydrogen-bond donors (Lipinski definition) is 0. The van der Waals surface area contributed by atoms with Crippen molar-refractivity contribution in [2.75, 3.05) is 13.1 Å². The van der Waals surface area contributed by atoms with Crippen LogP contribution in [0.25, 0.3) is 0 Å². The normalized spacial score (nSPS) is 38.6. The Morgan fingerprint density at radius 3 is 2.31 bits per heavy atom. The van der Waals surface area contributed by atoms with E-state index in [4.69, 9.17) is 0 Å². The van der Waals surface area contributed by atoms with E-state index in [1.165, 1.54) is 63.4 Å². The Kier molecular flexibility index (Phi) is 3.95. The fourth-order valence-electron chi connectivity index (χ4n) is 7.48. The van der Waals surface area contributed by atoms with Crippen LogP contribution >= 0.6 is 0 Å². The fourth-order valence-corrected chi connectivity index (χ4v) is 7.48. The Hall–Kier alpha value is -1.31. The second-order valence-corrected chi connectivity index (χ2v) is 10.2. The second-order valence-electron chi connectivity index (χ2n) is 10.2. The zero-order valence-electron chi connectivity index (χ0n) is 16.3. The number of carbonyl (C=O) groups excluding carboxylic acids is 1. The SMILES string of the molecule is Cc1ccc(C23C[C@@H]4C[C@H](CC(CC(=O)N5CCCCC5)(C4)C2)C3)cc1. The fraction of sp³-hybridized carbons (Fsp3) is 0.708. The third-order valence-electron chi connectivity index (χ3n) is 8.08. The largest absolute Gasteiger partial charge is 0.343 e. The van der Waals surface area contributed by atoms with E-state index in [-0.39, 0.29) is 0 Å². The molecule has 4 saturated carbocycles. The minimum absolute atomic E-state index is 0.295. The van der Waals surface area contributed by atoms with Crippen molar-refractivity contribution in [3.8, 4) is 0 Å². The first-order valence-corrected chi connectivity index (χ1v) is 10.9. The van der Waals surface area contributed by atoms with Crippen LogP contribution in [-0.4, -0.2) is 23.9 Å². The zero-order valence-corrected chi connectivity index (χ0v) is 16.3. The maximum atomic E-state index is 13.1. The molecule has 1 aromatic rings. The second kappa shape index (κ2) is 6.11. The van der Waals surface area contributed by atoms with Gasteiger partial charge in [0.15, 0.2) is 0 Å². The highest BCUT2D eigenvalue weighted by Crippen LogP contribution is 2.66. The van der Waals surface area contributed by atoms with Crippen molar-refractivity contribution in [2.45, 2.75) is 76.5 Å². The third kappa shape index (κ3) is 2.80. The maximum absolute atomic E-state index is 13.1. The van der Waals surface area contributed by atoms with Gasteiger partial charge in [-0.25, -0.2) is 0 Å². The zero-order chi connectivity index (χ0) is 17.8. The monoisotopic (exact) mass is 351 g/mol. The summed E-state index contributed by atoms with van der Waals surface area (Å²) < 4.78 is 0. The molecular formula is C24H33NO. The maximum Gasteiger partial charge on any atom is 0.223 e. The van der Waals surface area contributed by atoms with Gasteiger partial charge in [0.2, 0.25) is 5.91 Å². The van der Waals surface area contributed by atoms with E-state index in [1.54, 1.807) is 5.56 Å². The molecule has 5 aliphatic rings. The van der Waals surface area contributed by atoms with Crippen LogP contribution in [-0.2, 0) is 10.2 Å². The first-order valence-electron chi connectivity index (χ1n) is 10.9. The van der Waals surface area contributed by atoms with Gasteiger partial charge in [-0.3, -0.25) is 4.79 Å². The van der Waals surface area contributed by atoms with E-state index in [0.29, 0.717) is 16.7 Å². The number of carbonyl (C=O) groups is 1. The third-order valence-corrected chi connectivity index (χ3v) is 8.08. The molecule has 0 radical (unpaired) electrons. The number of nitrogens with zero attached hydrogens (tertiary/aromatic N) is 1. The van der Waals surface area contributed by atoms with Crippen molar-refractivity contribution in [1.82, 2.24) is 4.90 Å². The van der Waals surface area contributed by atoms with Crippen LogP contribution in [0.15, 0.2) is 24.3 Å². The molecule has 1 heterocycles. The number of benzene rings is 1. The number of piperidine rings is 1. The number of hydrogen-bond acceptors (Lipinski definition) is 1. The molecule has 4 aliphatic carbocycles. The van der Waals surface area contributed by atoms with Gasteiger partial charge < -0.3 is 4.90 Å². The average Bonchev–Trinajstić information content (AvgIpc) is 2.61. The molecule has 1 saturated heterocycles. The molecule has 2 nitrogen and oxygen atoms in total. The van der Waals surface area contributed by atoms with Gasteiger partial charge in [0, 0.05) is 19.5 Å². The molecule has 4 bridgehead atoms. The van der Waals surface area contributed by atoms with E-state index in [2.05, 4.69) is 36.1 Å². The molecule has 0 N–H and O–H groups in total. The molecule has 1 amide bonds. The van der Waals surface area contributed by atoms with Crippen LogP contribution < -0.4 is 0 Å². The lowest BCUT2D eigenvalue weighted by Gasteiger charge is -2.62. The molecule has 0 unspecified atom stereocenters. The number of rotatable bonds is 3. The Morgan fingerprint density at radius 2 is 1.65 bits per heavy atom. The lowest BCUT2D eigenvalue weighted by molar-refractivity contribution is -0.141. The van der Waals surface area contributed by atoms with Crippen LogP contribution in [0.1, 0.15) is 75.3 Å². The predicted octanol–water partition coefficient (Wildman–Crippen LogP) is 5.24. The topological polar surface area (TPSA) is 20.3 Å². The minimum atomic E-state index is 0.295. The molecule has 2 atom stereocenters. The number of aryl methyl sites for hydroxylation is 1. The predicted molar refractivity (Wildman–Crippen MR) is 105 cm³/mol. The summed E-state index contributed by atoms with van der Waals surface area (Å²) in [6.45, 7) is 4.19. The Bertz CT molecular complexity index is 671.